The molecule has 6 heteroatoms. The van der Waals surface area contributed by atoms with Gasteiger partial charge in [-0.3, -0.25) is 4.79 Å². The fourth-order valence-corrected chi connectivity index (χ4v) is 3.50. The summed E-state index contributed by atoms with van der Waals surface area (Å²) in [6.45, 7) is 5.13. The van der Waals surface area contributed by atoms with Crippen molar-refractivity contribution in [1.82, 2.24) is 4.90 Å². The van der Waals surface area contributed by atoms with Crippen molar-refractivity contribution in [1.29, 1.82) is 0 Å². The molecule has 3 rings (SSSR count). The number of rotatable bonds is 10. The van der Waals surface area contributed by atoms with Crippen LogP contribution in [-0.2, 0) is 30.3 Å². The molecule has 154 valence electrons. The van der Waals surface area contributed by atoms with Crippen LogP contribution in [0.3, 0.4) is 0 Å². The van der Waals surface area contributed by atoms with Crippen LogP contribution >= 0.6 is 0 Å². The summed E-state index contributed by atoms with van der Waals surface area (Å²) in [7, 11) is 0. The molecule has 1 aliphatic heterocycles. The van der Waals surface area contributed by atoms with Crippen LogP contribution in [0.5, 0.6) is 0 Å². The van der Waals surface area contributed by atoms with Crippen LogP contribution in [0, 0.1) is 5.92 Å². The lowest BCUT2D eigenvalue weighted by molar-refractivity contribution is -0.163. The van der Waals surface area contributed by atoms with Gasteiger partial charge in [0, 0.05) is 19.2 Å². The number of nitrogens with zero attached hydrogens (tertiary/aromatic N) is 1. The number of benzene rings is 1. The van der Waals surface area contributed by atoms with Gasteiger partial charge < -0.3 is 19.1 Å². The summed E-state index contributed by atoms with van der Waals surface area (Å²) in [5.74, 6) is -0.134. The molecule has 6 nitrogen and oxygen atoms in total. The first-order valence-corrected chi connectivity index (χ1v) is 10.3. The molecule has 1 aromatic carbocycles. The van der Waals surface area contributed by atoms with Crippen molar-refractivity contribution < 1.29 is 23.8 Å². The minimum Gasteiger partial charge on any atom is -0.454 e. The van der Waals surface area contributed by atoms with Crippen LogP contribution in [0.1, 0.15) is 45.1 Å². The largest absolute Gasteiger partial charge is 0.454 e. The second-order valence-electron chi connectivity index (χ2n) is 7.80. The van der Waals surface area contributed by atoms with Gasteiger partial charge in [-0.15, -0.1) is 0 Å². The molecule has 1 saturated carbocycles. The Morgan fingerprint density at radius 3 is 2.57 bits per heavy atom. The van der Waals surface area contributed by atoms with Crippen molar-refractivity contribution in [2.45, 2.75) is 64.3 Å². The molecule has 1 heterocycles. The summed E-state index contributed by atoms with van der Waals surface area (Å²) in [5.41, 5.74) is 1.07. The summed E-state index contributed by atoms with van der Waals surface area (Å²) in [4.78, 5) is 26.8. The van der Waals surface area contributed by atoms with Crippen molar-refractivity contribution in [2.24, 2.45) is 5.92 Å². The van der Waals surface area contributed by atoms with Gasteiger partial charge in [0.15, 0.2) is 12.7 Å². The predicted molar refractivity (Wildman–Crippen MR) is 105 cm³/mol. The molecule has 0 bridgehead atoms. The summed E-state index contributed by atoms with van der Waals surface area (Å²) in [6, 6.07) is 10.0. The number of esters is 1. The van der Waals surface area contributed by atoms with Gasteiger partial charge in [0.05, 0.1) is 12.7 Å². The van der Waals surface area contributed by atoms with E-state index in [1.165, 1.54) is 0 Å². The highest BCUT2D eigenvalue weighted by molar-refractivity contribution is 5.82. The number of hydrogen-bond donors (Lipinski definition) is 0. The molecule has 2 aliphatic rings. The minimum absolute atomic E-state index is 0.0534. The van der Waals surface area contributed by atoms with Gasteiger partial charge in [0.25, 0.3) is 5.91 Å². The highest BCUT2D eigenvalue weighted by Crippen LogP contribution is 2.35. The van der Waals surface area contributed by atoms with Gasteiger partial charge in [0.2, 0.25) is 0 Å². The maximum Gasteiger partial charge on any atom is 0.335 e. The maximum atomic E-state index is 12.8. The Balaban J connectivity index is 1.48. The molecule has 1 aliphatic carbocycles. The van der Waals surface area contributed by atoms with Crippen molar-refractivity contribution in [2.75, 3.05) is 19.8 Å². The predicted octanol–water partition coefficient (Wildman–Crippen LogP) is 2.94. The third-order valence-corrected chi connectivity index (χ3v) is 5.54. The Labute approximate surface area is 167 Å². The molecule has 1 aromatic rings. The van der Waals surface area contributed by atoms with Crippen LogP contribution in [0.2, 0.25) is 0 Å². The Morgan fingerprint density at radius 1 is 1.18 bits per heavy atom. The van der Waals surface area contributed by atoms with E-state index >= 15 is 0 Å². The number of amides is 1. The van der Waals surface area contributed by atoms with Crippen LogP contribution in [0.25, 0.3) is 0 Å². The molecule has 1 saturated heterocycles. The number of ether oxygens (including phenoxy) is 3. The van der Waals surface area contributed by atoms with Crippen LogP contribution in [-0.4, -0.2) is 54.8 Å². The molecule has 2 fully saturated rings. The van der Waals surface area contributed by atoms with Crippen molar-refractivity contribution in [3.8, 4) is 0 Å². The zero-order valence-electron chi connectivity index (χ0n) is 16.8. The molecule has 3 unspecified atom stereocenters. The van der Waals surface area contributed by atoms with Crippen molar-refractivity contribution in [3.63, 3.8) is 0 Å². The first-order chi connectivity index (χ1) is 13.5. The summed E-state index contributed by atoms with van der Waals surface area (Å²) in [6.07, 6.45) is 3.62. The SMILES string of the molecule is CC(OCC1CCCO1)C(=O)OCC(=O)N(Cc1ccccc1)C(C)C1CC1. The Morgan fingerprint density at radius 2 is 1.93 bits per heavy atom. The molecular formula is C22H31NO5. The van der Waals surface area contributed by atoms with E-state index in [-0.39, 0.29) is 24.7 Å². The normalized spacial score (nSPS) is 21.1. The number of hydrogen-bond acceptors (Lipinski definition) is 5. The van der Waals surface area contributed by atoms with E-state index in [2.05, 4.69) is 6.92 Å². The van der Waals surface area contributed by atoms with E-state index in [0.29, 0.717) is 19.1 Å². The monoisotopic (exact) mass is 389 g/mol. The van der Waals surface area contributed by atoms with E-state index in [4.69, 9.17) is 14.2 Å². The Kier molecular flexibility index (Phi) is 7.45. The van der Waals surface area contributed by atoms with E-state index < -0.39 is 12.1 Å². The summed E-state index contributed by atoms with van der Waals surface area (Å²) >= 11 is 0. The lowest BCUT2D eigenvalue weighted by Crippen LogP contribution is -2.42. The van der Waals surface area contributed by atoms with E-state index in [9.17, 15) is 9.59 Å². The lowest BCUT2D eigenvalue weighted by Gasteiger charge is -2.29. The van der Waals surface area contributed by atoms with E-state index in [0.717, 1.165) is 37.9 Å². The maximum absolute atomic E-state index is 12.8. The van der Waals surface area contributed by atoms with Gasteiger partial charge in [0.1, 0.15) is 0 Å². The highest BCUT2D eigenvalue weighted by atomic mass is 16.6. The first-order valence-electron chi connectivity index (χ1n) is 10.3. The molecule has 0 aromatic heterocycles. The van der Waals surface area contributed by atoms with Crippen LogP contribution in [0.4, 0.5) is 0 Å². The Bertz CT molecular complexity index is 640. The lowest BCUT2D eigenvalue weighted by atomic mass is 10.1. The highest BCUT2D eigenvalue weighted by Gasteiger charge is 2.34. The first kappa shape index (κ1) is 20.8. The van der Waals surface area contributed by atoms with Gasteiger partial charge in [-0.05, 0) is 51.0 Å². The number of carbonyl (C=O) groups excluding carboxylic acids is 2. The van der Waals surface area contributed by atoms with Gasteiger partial charge in [-0.1, -0.05) is 30.3 Å². The van der Waals surface area contributed by atoms with Crippen LogP contribution in [0.15, 0.2) is 30.3 Å². The average Bonchev–Trinajstić information content (AvgIpc) is 3.44. The van der Waals surface area contributed by atoms with Gasteiger partial charge >= 0.3 is 5.97 Å². The smallest absolute Gasteiger partial charge is 0.335 e. The molecular weight excluding hydrogens is 358 g/mol. The molecule has 1 amide bonds. The van der Waals surface area contributed by atoms with Crippen LogP contribution < -0.4 is 0 Å². The fourth-order valence-electron chi connectivity index (χ4n) is 3.50. The standard InChI is InChI=1S/C22H31NO5/c1-16(19-10-11-19)23(13-18-7-4-3-5-8-18)21(24)15-28-22(25)17(2)27-14-20-9-6-12-26-20/h3-5,7-8,16-17,19-20H,6,9-15H2,1-2H3. The molecule has 0 radical (unpaired) electrons. The quantitative estimate of drug-likeness (QED) is 0.576. The van der Waals surface area contributed by atoms with Gasteiger partial charge in [-0.2, -0.15) is 0 Å². The summed E-state index contributed by atoms with van der Waals surface area (Å²) in [5, 5.41) is 0. The van der Waals surface area contributed by atoms with E-state index in [1.807, 2.05) is 35.2 Å². The topological polar surface area (TPSA) is 65.1 Å². The Hall–Kier alpha value is -1.92. The molecule has 3 atom stereocenters. The molecule has 0 N–H and O–H groups in total. The zero-order chi connectivity index (χ0) is 19.9. The molecule has 0 spiro atoms. The minimum atomic E-state index is -0.708. The third-order valence-electron chi connectivity index (χ3n) is 5.54. The van der Waals surface area contributed by atoms with E-state index in [1.54, 1.807) is 6.92 Å². The number of carbonyl (C=O) groups is 2. The fraction of sp³-hybridized carbons (Fsp3) is 0.636. The molecule has 28 heavy (non-hydrogen) atoms. The summed E-state index contributed by atoms with van der Waals surface area (Å²) < 4.78 is 16.3. The van der Waals surface area contributed by atoms with Crippen molar-refractivity contribution in [3.05, 3.63) is 35.9 Å². The zero-order valence-corrected chi connectivity index (χ0v) is 16.8. The third kappa shape index (κ3) is 6.04. The average molecular weight is 389 g/mol. The van der Waals surface area contributed by atoms with Crippen molar-refractivity contribution >= 4 is 11.9 Å². The van der Waals surface area contributed by atoms with Gasteiger partial charge in [-0.25, -0.2) is 4.79 Å². The second-order valence-corrected chi connectivity index (χ2v) is 7.80. The second kappa shape index (κ2) is 10.0.